The van der Waals surface area contributed by atoms with E-state index in [0.29, 0.717) is 13.0 Å². The SMILES string of the molecule is O=C(O)CCC1CN(c2cccc(Br)c2)C(=O)N1. The van der Waals surface area contributed by atoms with Crippen molar-refractivity contribution in [3.05, 3.63) is 28.7 Å². The Morgan fingerprint density at radius 2 is 2.33 bits per heavy atom. The van der Waals surface area contributed by atoms with Crippen LogP contribution in [0.1, 0.15) is 12.8 Å². The maximum absolute atomic E-state index is 11.8. The normalized spacial score (nSPS) is 18.8. The fourth-order valence-electron chi connectivity index (χ4n) is 1.93. The van der Waals surface area contributed by atoms with Gasteiger partial charge in [-0.2, -0.15) is 0 Å². The zero-order valence-corrected chi connectivity index (χ0v) is 11.2. The van der Waals surface area contributed by atoms with Crippen LogP contribution in [0, 0.1) is 0 Å². The van der Waals surface area contributed by atoms with Crippen LogP contribution >= 0.6 is 15.9 Å². The van der Waals surface area contributed by atoms with E-state index in [2.05, 4.69) is 21.2 Å². The molecule has 1 heterocycles. The molecule has 6 heteroatoms. The molecule has 0 bridgehead atoms. The van der Waals surface area contributed by atoms with Crippen LogP contribution < -0.4 is 10.2 Å². The third-order valence-corrected chi connectivity index (χ3v) is 3.30. The quantitative estimate of drug-likeness (QED) is 0.895. The molecule has 1 aromatic carbocycles. The number of benzene rings is 1. The van der Waals surface area contributed by atoms with Crippen LogP contribution in [0.25, 0.3) is 0 Å². The van der Waals surface area contributed by atoms with Crippen LogP contribution in [0.2, 0.25) is 0 Å². The lowest BCUT2D eigenvalue weighted by Gasteiger charge is -2.14. The number of rotatable bonds is 4. The van der Waals surface area contributed by atoms with Crippen molar-refractivity contribution in [1.29, 1.82) is 0 Å². The van der Waals surface area contributed by atoms with Gasteiger partial charge >= 0.3 is 12.0 Å². The molecule has 18 heavy (non-hydrogen) atoms. The van der Waals surface area contributed by atoms with E-state index in [-0.39, 0.29) is 18.5 Å². The first kappa shape index (κ1) is 12.9. The molecule has 1 fully saturated rings. The highest BCUT2D eigenvalue weighted by Crippen LogP contribution is 2.23. The van der Waals surface area contributed by atoms with Crippen LogP contribution in [0.4, 0.5) is 10.5 Å². The number of hydrogen-bond acceptors (Lipinski definition) is 2. The van der Waals surface area contributed by atoms with Crippen molar-refractivity contribution in [2.75, 3.05) is 11.4 Å². The summed E-state index contributed by atoms with van der Waals surface area (Å²) in [5, 5.41) is 11.4. The summed E-state index contributed by atoms with van der Waals surface area (Å²) >= 11 is 3.36. The van der Waals surface area contributed by atoms with Gasteiger partial charge in [0.15, 0.2) is 0 Å². The monoisotopic (exact) mass is 312 g/mol. The molecule has 2 N–H and O–H groups in total. The molecule has 2 amide bonds. The smallest absolute Gasteiger partial charge is 0.322 e. The van der Waals surface area contributed by atoms with Crippen LogP contribution in [0.15, 0.2) is 28.7 Å². The van der Waals surface area contributed by atoms with Gasteiger partial charge in [0.05, 0.1) is 0 Å². The summed E-state index contributed by atoms with van der Waals surface area (Å²) < 4.78 is 0.904. The largest absolute Gasteiger partial charge is 0.481 e. The van der Waals surface area contributed by atoms with E-state index >= 15 is 0 Å². The summed E-state index contributed by atoms with van der Waals surface area (Å²) in [6.45, 7) is 0.503. The maximum atomic E-state index is 11.8. The Balaban J connectivity index is 2.03. The molecule has 0 spiro atoms. The topological polar surface area (TPSA) is 69.6 Å². The summed E-state index contributed by atoms with van der Waals surface area (Å²) in [5.74, 6) is -0.842. The number of carboxylic acids is 1. The van der Waals surface area contributed by atoms with Gasteiger partial charge in [-0.3, -0.25) is 9.69 Å². The van der Waals surface area contributed by atoms with E-state index in [1.54, 1.807) is 4.90 Å². The minimum absolute atomic E-state index is 0.0667. The first-order valence-corrected chi connectivity index (χ1v) is 6.41. The molecule has 96 valence electrons. The van der Waals surface area contributed by atoms with Crippen LogP contribution in [-0.2, 0) is 4.79 Å². The van der Waals surface area contributed by atoms with Gasteiger partial charge in [0.1, 0.15) is 0 Å². The van der Waals surface area contributed by atoms with Crippen LogP contribution in [-0.4, -0.2) is 29.7 Å². The molecule has 1 atom stereocenters. The lowest BCUT2D eigenvalue weighted by molar-refractivity contribution is -0.137. The van der Waals surface area contributed by atoms with Gasteiger partial charge in [-0.15, -0.1) is 0 Å². The number of halogens is 1. The zero-order chi connectivity index (χ0) is 13.1. The Morgan fingerprint density at radius 1 is 1.56 bits per heavy atom. The molecular formula is C12H13BrN2O3. The van der Waals surface area contributed by atoms with Gasteiger partial charge in [0.2, 0.25) is 0 Å². The van der Waals surface area contributed by atoms with Crippen molar-refractivity contribution in [1.82, 2.24) is 5.32 Å². The van der Waals surface area contributed by atoms with Crippen LogP contribution in [0.5, 0.6) is 0 Å². The van der Waals surface area contributed by atoms with E-state index in [4.69, 9.17) is 5.11 Å². The number of carbonyl (C=O) groups excluding carboxylic acids is 1. The first-order valence-electron chi connectivity index (χ1n) is 5.61. The summed E-state index contributed by atoms with van der Waals surface area (Å²) in [7, 11) is 0. The fourth-order valence-corrected chi connectivity index (χ4v) is 2.32. The Labute approximate surface area is 113 Å². The molecular weight excluding hydrogens is 300 g/mol. The first-order chi connectivity index (χ1) is 8.56. The number of amides is 2. The number of carboxylic acid groups (broad SMARTS) is 1. The number of urea groups is 1. The zero-order valence-electron chi connectivity index (χ0n) is 9.60. The average Bonchev–Trinajstić information content (AvgIpc) is 2.68. The number of nitrogens with one attached hydrogen (secondary N) is 1. The highest BCUT2D eigenvalue weighted by atomic mass is 79.9. The predicted molar refractivity (Wildman–Crippen MR) is 70.7 cm³/mol. The van der Waals surface area contributed by atoms with Gasteiger partial charge < -0.3 is 10.4 Å². The molecule has 0 aromatic heterocycles. The number of nitrogens with zero attached hydrogens (tertiary/aromatic N) is 1. The van der Waals surface area contributed by atoms with E-state index in [1.807, 2.05) is 24.3 Å². The van der Waals surface area contributed by atoms with Crippen molar-refractivity contribution in [2.24, 2.45) is 0 Å². The Kier molecular flexibility index (Phi) is 3.86. The predicted octanol–water partition coefficient (Wildman–Crippen LogP) is 2.21. The fraction of sp³-hybridized carbons (Fsp3) is 0.333. The number of anilines is 1. The van der Waals surface area contributed by atoms with Crippen molar-refractivity contribution in [3.63, 3.8) is 0 Å². The third kappa shape index (κ3) is 3.01. The van der Waals surface area contributed by atoms with E-state index in [9.17, 15) is 9.59 Å². The maximum Gasteiger partial charge on any atom is 0.322 e. The Hall–Kier alpha value is -1.56. The van der Waals surface area contributed by atoms with Gasteiger partial charge in [-0.1, -0.05) is 22.0 Å². The molecule has 1 saturated heterocycles. The molecule has 0 aliphatic carbocycles. The minimum atomic E-state index is -0.842. The second kappa shape index (κ2) is 5.39. The Bertz CT molecular complexity index is 478. The molecule has 1 unspecified atom stereocenters. The highest BCUT2D eigenvalue weighted by Gasteiger charge is 2.29. The van der Waals surface area contributed by atoms with Crippen molar-refractivity contribution < 1.29 is 14.7 Å². The molecule has 1 aromatic rings. The van der Waals surface area contributed by atoms with Crippen molar-refractivity contribution >= 4 is 33.6 Å². The summed E-state index contributed by atoms with van der Waals surface area (Å²) in [6, 6.07) is 7.18. The molecule has 1 aliphatic rings. The second-order valence-corrected chi connectivity index (χ2v) is 5.08. The number of aliphatic carboxylic acids is 1. The summed E-state index contributed by atoms with van der Waals surface area (Å²) in [5.41, 5.74) is 0.805. The van der Waals surface area contributed by atoms with E-state index < -0.39 is 5.97 Å². The van der Waals surface area contributed by atoms with Crippen molar-refractivity contribution in [3.8, 4) is 0 Å². The molecule has 2 rings (SSSR count). The molecule has 5 nitrogen and oxygen atoms in total. The number of carbonyl (C=O) groups is 2. The minimum Gasteiger partial charge on any atom is -0.481 e. The molecule has 0 radical (unpaired) electrons. The third-order valence-electron chi connectivity index (χ3n) is 2.80. The number of hydrogen-bond donors (Lipinski definition) is 2. The average molecular weight is 313 g/mol. The van der Waals surface area contributed by atoms with E-state index in [0.717, 1.165) is 10.2 Å². The van der Waals surface area contributed by atoms with Gasteiger partial charge in [-0.05, 0) is 24.6 Å². The van der Waals surface area contributed by atoms with Crippen molar-refractivity contribution in [2.45, 2.75) is 18.9 Å². The standard InChI is InChI=1S/C12H13BrN2O3/c13-8-2-1-3-10(6-8)15-7-9(14-12(15)18)4-5-11(16)17/h1-3,6,9H,4-5,7H2,(H,14,18)(H,16,17). The lowest BCUT2D eigenvalue weighted by Crippen LogP contribution is -2.28. The van der Waals surface area contributed by atoms with Gasteiger partial charge in [0, 0.05) is 29.2 Å². The second-order valence-electron chi connectivity index (χ2n) is 4.17. The molecule has 1 aliphatic heterocycles. The summed E-state index contributed by atoms with van der Waals surface area (Å²) in [4.78, 5) is 23.9. The van der Waals surface area contributed by atoms with Gasteiger partial charge in [-0.25, -0.2) is 4.79 Å². The summed E-state index contributed by atoms with van der Waals surface area (Å²) in [6.07, 6.45) is 0.517. The molecule has 0 saturated carbocycles. The van der Waals surface area contributed by atoms with Crippen LogP contribution in [0.3, 0.4) is 0 Å². The highest BCUT2D eigenvalue weighted by molar-refractivity contribution is 9.10. The van der Waals surface area contributed by atoms with E-state index in [1.165, 1.54) is 0 Å². The lowest BCUT2D eigenvalue weighted by atomic mass is 10.1. The Morgan fingerprint density at radius 3 is 3.00 bits per heavy atom. The van der Waals surface area contributed by atoms with Gasteiger partial charge in [0.25, 0.3) is 0 Å².